The lowest BCUT2D eigenvalue weighted by Gasteiger charge is -2.18. The molecule has 4 N–H and O–H groups in total. The summed E-state index contributed by atoms with van der Waals surface area (Å²) < 4.78 is 60.9. The normalized spacial score (nSPS) is 11.3. The third-order valence-electron chi connectivity index (χ3n) is 6.72. The van der Waals surface area contributed by atoms with E-state index in [4.69, 9.17) is 19.2 Å². The number of halogens is 3. The molecular formula is C28H33Br2ClN4O11S2. The molecule has 4 rings (SSSR count). The van der Waals surface area contributed by atoms with Crippen LogP contribution in [0.25, 0.3) is 21.9 Å². The lowest BCUT2D eigenvalue weighted by molar-refractivity contribution is 0.0976. The Kier molecular flexibility index (Phi) is 15.4. The van der Waals surface area contributed by atoms with Gasteiger partial charge in [-0.15, -0.1) is 12.4 Å². The number of nitrogens with zero attached hydrogens (tertiary/aromatic N) is 3. The fourth-order valence-corrected chi connectivity index (χ4v) is 6.71. The van der Waals surface area contributed by atoms with Gasteiger partial charge in [-0.1, -0.05) is 19.0 Å². The van der Waals surface area contributed by atoms with Gasteiger partial charge < -0.3 is 19.2 Å². The van der Waals surface area contributed by atoms with Crippen molar-refractivity contribution in [2.45, 2.75) is 26.7 Å². The number of fused-ring (bicyclic) bond motifs is 2. The number of nitrogens with two attached hydrogens (primary N) is 1. The minimum atomic E-state index is -3.45. The number of hydrogen-bond donors (Lipinski definition) is 3. The van der Waals surface area contributed by atoms with Crippen LogP contribution in [0.15, 0.2) is 47.2 Å². The zero-order chi connectivity index (χ0) is 36.0. The zero-order valence-corrected chi connectivity index (χ0v) is 32.0. The first kappa shape index (κ1) is 42.7. The van der Waals surface area contributed by atoms with Gasteiger partial charge in [0, 0.05) is 58.8 Å². The second kappa shape index (κ2) is 17.4. The molecule has 0 fully saturated rings. The molecule has 4 aromatic rings. The van der Waals surface area contributed by atoms with Crippen LogP contribution < -0.4 is 14.5 Å². The van der Waals surface area contributed by atoms with Gasteiger partial charge in [-0.25, -0.2) is 22.7 Å². The van der Waals surface area contributed by atoms with E-state index < -0.39 is 20.0 Å². The summed E-state index contributed by atoms with van der Waals surface area (Å²) in [5.74, 6) is 3.19. The van der Waals surface area contributed by atoms with Crippen LogP contribution in [0.4, 0.5) is 11.4 Å². The number of ketones is 2. The Labute approximate surface area is 299 Å². The van der Waals surface area contributed by atoms with Crippen LogP contribution in [0.1, 0.15) is 63.7 Å². The highest BCUT2D eigenvalue weighted by molar-refractivity contribution is 9.11. The second-order valence-electron chi connectivity index (χ2n) is 9.66. The Morgan fingerprint density at radius 1 is 0.812 bits per heavy atom. The van der Waals surface area contributed by atoms with Crippen LogP contribution in [-0.2, 0) is 20.0 Å². The van der Waals surface area contributed by atoms with E-state index in [2.05, 4.69) is 42.9 Å². The third kappa shape index (κ3) is 9.21. The van der Waals surface area contributed by atoms with Crippen LogP contribution in [-0.4, -0.2) is 77.9 Å². The first-order valence-electron chi connectivity index (χ1n) is 13.3. The minimum absolute atomic E-state index is 0. The van der Waals surface area contributed by atoms with Crippen molar-refractivity contribution in [2.24, 2.45) is 11.1 Å². The predicted octanol–water partition coefficient (Wildman–Crippen LogP) is 5.74. The van der Waals surface area contributed by atoms with Crippen LogP contribution in [0.2, 0.25) is 0 Å². The Morgan fingerprint density at radius 2 is 1.17 bits per heavy atom. The molecule has 15 nitrogen and oxygen atoms in total. The van der Waals surface area contributed by atoms with Gasteiger partial charge in [-0.05, 0) is 44.0 Å². The van der Waals surface area contributed by atoms with Crippen LogP contribution in [0.5, 0.6) is 0 Å². The van der Waals surface area contributed by atoms with Crippen molar-refractivity contribution in [3.63, 3.8) is 0 Å². The van der Waals surface area contributed by atoms with Crippen molar-refractivity contribution in [3.8, 4) is 0 Å². The van der Waals surface area contributed by atoms with E-state index in [-0.39, 0.29) is 59.5 Å². The number of anilines is 2. The van der Waals surface area contributed by atoms with Crippen molar-refractivity contribution >= 4 is 122 Å². The fourth-order valence-electron chi connectivity index (χ4n) is 4.24. The molecule has 2 aromatic heterocycles. The summed E-state index contributed by atoms with van der Waals surface area (Å²) in [6.45, 7) is 3.40. The molecule has 0 radical (unpaired) electrons. The van der Waals surface area contributed by atoms with Gasteiger partial charge in [0.25, 0.3) is 0 Å². The Hall–Kier alpha value is -3.33. The fraction of sp³-hybridized carbons (Fsp3) is 0.286. The van der Waals surface area contributed by atoms with Crippen LogP contribution in [0, 0.1) is 0 Å². The molecule has 0 bridgehead atoms. The number of aldehydes is 1. The van der Waals surface area contributed by atoms with E-state index in [1.165, 1.54) is 26.2 Å². The van der Waals surface area contributed by atoms with Crippen LogP contribution in [0.3, 0.4) is 0 Å². The first-order valence-corrected chi connectivity index (χ1v) is 18.5. The average Bonchev–Trinajstić information content (AvgIpc) is 3.55. The summed E-state index contributed by atoms with van der Waals surface area (Å²) in [6.07, 6.45) is 4.17. The average molecular weight is 861 g/mol. The maximum Gasteiger partial charge on any atom is 0.232 e. The summed E-state index contributed by atoms with van der Waals surface area (Å²) in [4.78, 5) is 35.3. The number of Topliss-reactive ketones (excluding diaryl/α,β-unsaturated/α-hetero) is 2. The monoisotopic (exact) mass is 858 g/mol. The molecule has 2 aromatic carbocycles. The maximum absolute atomic E-state index is 12.1. The van der Waals surface area contributed by atoms with E-state index in [9.17, 15) is 31.2 Å². The van der Waals surface area contributed by atoms with Crippen molar-refractivity contribution in [3.05, 3.63) is 55.9 Å². The number of furan rings is 2. The molecule has 0 aliphatic heterocycles. The smallest absolute Gasteiger partial charge is 0.232 e. The van der Waals surface area contributed by atoms with Gasteiger partial charge >= 0.3 is 0 Å². The van der Waals surface area contributed by atoms with Gasteiger partial charge in [0.1, 0.15) is 17.4 Å². The highest BCUT2D eigenvalue weighted by Crippen LogP contribution is 2.37. The number of carbonyl (C=O) groups is 3. The van der Waals surface area contributed by atoms with Gasteiger partial charge in [0.05, 0.1) is 35.0 Å². The Morgan fingerprint density at radius 3 is 1.48 bits per heavy atom. The number of sulfonamides is 2. The van der Waals surface area contributed by atoms with E-state index in [1.807, 2.05) is 0 Å². The second-order valence-corrected chi connectivity index (χ2v) is 15.4. The number of benzene rings is 2. The highest BCUT2D eigenvalue weighted by atomic mass is 79.9. The van der Waals surface area contributed by atoms with Crippen molar-refractivity contribution in [1.29, 1.82) is 0 Å². The van der Waals surface area contributed by atoms with Crippen LogP contribution >= 0.6 is 44.3 Å². The van der Waals surface area contributed by atoms with Gasteiger partial charge in [-0.2, -0.15) is 0 Å². The lowest BCUT2D eigenvalue weighted by atomic mass is 10.0. The Balaban J connectivity index is 0.000000448. The first-order chi connectivity index (χ1) is 21.9. The van der Waals surface area contributed by atoms with Gasteiger partial charge in [-0.3, -0.25) is 23.0 Å². The predicted molar refractivity (Wildman–Crippen MR) is 192 cm³/mol. The molecule has 0 unspecified atom stereocenters. The minimum Gasteiger partial charge on any atom is -0.454 e. The molecule has 0 aliphatic rings. The molecule has 2 heterocycles. The highest BCUT2D eigenvalue weighted by Gasteiger charge is 2.24. The van der Waals surface area contributed by atoms with Crippen molar-refractivity contribution in [2.75, 3.05) is 35.2 Å². The largest absolute Gasteiger partial charge is 0.454 e. The lowest BCUT2D eigenvalue weighted by Crippen LogP contribution is -2.25. The SMILES string of the molecule is CCC(=O)c1c(/C=N/O)oc2cc(N(C)S(C)(=O)=O)c(Br)cc12.CCC(=O)c1c(C=O)oc2cc(N(C)S(C)(=O)=O)c(Br)cc12.Cl.NO. The molecule has 0 aliphatic carbocycles. The molecule has 264 valence electrons. The quantitative estimate of drug-likeness (QED) is 0.0570. The molecule has 0 spiro atoms. The van der Waals surface area contributed by atoms with Crippen molar-refractivity contribution < 1.29 is 50.5 Å². The van der Waals surface area contributed by atoms with Gasteiger partial charge in [0.15, 0.2) is 29.4 Å². The van der Waals surface area contributed by atoms with E-state index in [0.717, 1.165) is 27.3 Å². The summed E-state index contributed by atoms with van der Waals surface area (Å²) in [5, 5.41) is 19.1. The number of carbonyl (C=O) groups excluding carboxylic acids is 3. The molecular weight excluding hydrogens is 828 g/mol. The van der Waals surface area contributed by atoms with Crippen molar-refractivity contribution in [1.82, 2.24) is 0 Å². The molecule has 20 heteroatoms. The standard InChI is InChI=1S/C14H15BrN2O5S.C14H14BrNO5S.ClH.H3NO/c1-4-11(18)14-8-5-9(15)10(17(2)23(3,20)21)6-12(8)22-13(14)7-16-19;1-4-11(18)14-8-5-9(15)10(16(2)22(3,19)20)6-12(8)21-13(14)7-17;;1-2/h5-7,19H,4H2,1-3H3;5-7H,4H2,1-3H3;1H;2H,1H2/b16-7+;;;. The molecule has 48 heavy (non-hydrogen) atoms. The molecule has 0 amide bonds. The summed E-state index contributed by atoms with van der Waals surface area (Å²) >= 11 is 6.62. The topological polar surface area (TPSA) is 231 Å². The van der Waals surface area contributed by atoms with E-state index >= 15 is 0 Å². The number of rotatable bonds is 10. The van der Waals surface area contributed by atoms with Gasteiger partial charge in [0.2, 0.25) is 20.0 Å². The summed E-state index contributed by atoms with van der Waals surface area (Å²) in [5.41, 5.74) is 1.86. The Bertz CT molecular complexity index is 2080. The van der Waals surface area contributed by atoms with E-state index in [0.29, 0.717) is 48.5 Å². The summed E-state index contributed by atoms with van der Waals surface area (Å²) in [6, 6.07) is 6.21. The number of oxime groups is 1. The summed E-state index contributed by atoms with van der Waals surface area (Å²) in [7, 11) is -4.08. The molecule has 0 atom stereocenters. The molecule has 0 saturated carbocycles. The van der Waals surface area contributed by atoms with E-state index in [1.54, 1.807) is 26.0 Å². The molecule has 0 saturated heterocycles. The third-order valence-corrected chi connectivity index (χ3v) is 10.4. The number of hydrogen-bond acceptors (Lipinski definition) is 13. The maximum atomic E-state index is 12.1. The zero-order valence-electron chi connectivity index (χ0n) is 26.3.